The Labute approximate surface area is 110 Å². The normalized spacial score (nSPS) is 9.95. The van der Waals surface area contributed by atoms with Gasteiger partial charge in [-0.25, -0.2) is 4.98 Å². The molecule has 6 nitrogen and oxygen atoms in total. The number of methoxy groups -OCH3 is 1. The number of nitrogens with zero attached hydrogens (tertiary/aromatic N) is 2. The van der Waals surface area contributed by atoms with Crippen molar-refractivity contribution in [1.82, 2.24) is 4.98 Å². The van der Waals surface area contributed by atoms with Gasteiger partial charge >= 0.3 is 0 Å². The molecule has 0 spiro atoms. The van der Waals surface area contributed by atoms with E-state index in [1.807, 2.05) is 12.1 Å². The van der Waals surface area contributed by atoms with E-state index >= 15 is 0 Å². The van der Waals surface area contributed by atoms with Gasteiger partial charge in [0.2, 0.25) is 5.88 Å². The predicted molar refractivity (Wildman–Crippen MR) is 71.2 cm³/mol. The van der Waals surface area contributed by atoms with Gasteiger partial charge in [0.15, 0.2) is 0 Å². The summed E-state index contributed by atoms with van der Waals surface area (Å²) < 4.78 is 5.04. The molecule has 2 aromatic rings. The average Bonchev–Trinajstić information content (AvgIpc) is 2.46. The second-order valence-electron chi connectivity index (χ2n) is 3.86. The number of aromatic nitrogens is 1. The van der Waals surface area contributed by atoms with Gasteiger partial charge in [0.1, 0.15) is 0 Å². The molecular formula is C13H13N3O3. The van der Waals surface area contributed by atoms with E-state index in [2.05, 4.69) is 10.3 Å². The highest BCUT2D eigenvalue weighted by molar-refractivity contribution is 5.48. The molecule has 0 saturated heterocycles. The molecule has 0 saturated carbocycles. The molecule has 0 aliphatic heterocycles. The summed E-state index contributed by atoms with van der Waals surface area (Å²) in [5.41, 5.74) is 1.92. The molecule has 0 unspecified atom stereocenters. The minimum Gasteiger partial charge on any atom is -0.481 e. The smallest absolute Gasteiger partial charge is 0.269 e. The molecule has 6 heteroatoms. The SMILES string of the molecule is COc1cc(CNc2ccc([N+](=O)[O-])cc2)ccn1. The Morgan fingerprint density at radius 2 is 2.05 bits per heavy atom. The molecule has 0 bridgehead atoms. The zero-order valence-electron chi connectivity index (χ0n) is 10.4. The standard InChI is InChI=1S/C13H13N3O3/c1-19-13-8-10(6-7-14-13)9-15-11-2-4-12(5-3-11)16(17)18/h2-8,15H,9H2,1H3. The number of rotatable bonds is 5. The second kappa shape index (κ2) is 5.81. The third kappa shape index (κ3) is 3.41. The van der Waals surface area contributed by atoms with Crippen molar-refractivity contribution >= 4 is 11.4 Å². The Kier molecular flexibility index (Phi) is 3.92. The lowest BCUT2D eigenvalue weighted by atomic mass is 10.2. The number of nitrogens with one attached hydrogen (secondary N) is 1. The van der Waals surface area contributed by atoms with Gasteiger partial charge in [0, 0.05) is 36.6 Å². The molecule has 0 radical (unpaired) electrons. The highest BCUT2D eigenvalue weighted by Gasteiger charge is 2.03. The van der Waals surface area contributed by atoms with Crippen LogP contribution in [0, 0.1) is 10.1 Å². The molecule has 0 amide bonds. The molecule has 1 N–H and O–H groups in total. The quantitative estimate of drug-likeness (QED) is 0.659. The van der Waals surface area contributed by atoms with Crippen LogP contribution in [0.4, 0.5) is 11.4 Å². The molecule has 98 valence electrons. The summed E-state index contributed by atoms with van der Waals surface area (Å²) in [5.74, 6) is 0.558. The summed E-state index contributed by atoms with van der Waals surface area (Å²) >= 11 is 0. The highest BCUT2D eigenvalue weighted by Crippen LogP contribution is 2.16. The molecule has 1 heterocycles. The summed E-state index contributed by atoms with van der Waals surface area (Å²) in [5, 5.41) is 13.7. The van der Waals surface area contributed by atoms with Crippen LogP contribution in [0.3, 0.4) is 0 Å². The Morgan fingerprint density at radius 1 is 1.32 bits per heavy atom. The molecule has 1 aromatic carbocycles. The highest BCUT2D eigenvalue weighted by atomic mass is 16.6. The Hall–Kier alpha value is -2.63. The maximum atomic E-state index is 10.5. The van der Waals surface area contributed by atoms with Crippen LogP contribution in [0.5, 0.6) is 5.88 Å². The van der Waals surface area contributed by atoms with E-state index in [1.165, 1.54) is 12.1 Å². The van der Waals surface area contributed by atoms with Crippen LogP contribution in [0.15, 0.2) is 42.6 Å². The van der Waals surface area contributed by atoms with Gasteiger partial charge in [-0.1, -0.05) is 0 Å². The van der Waals surface area contributed by atoms with Crippen LogP contribution in [0.2, 0.25) is 0 Å². The minimum atomic E-state index is -0.419. The number of hydrogen-bond acceptors (Lipinski definition) is 5. The van der Waals surface area contributed by atoms with Crippen LogP contribution in [0.25, 0.3) is 0 Å². The Morgan fingerprint density at radius 3 is 2.68 bits per heavy atom. The summed E-state index contributed by atoms with van der Waals surface area (Å²) in [4.78, 5) is 14.1. The van der Waals surface area contributed by atoms with E-state index in [4.69, 9.17) is 4.74 Å². The van der Waals surface area contributed by atoms with E-state index in [0.717, 1.165) is 11.3 Å². The van der Waals surface area contributed by atoms with E-state index < -0.39 is 4.92 Å². The molecule has 0 fully saturated rings. The average molecular weight is 259 g/mol. The van der Waals surface area contributed by atoms with Gasteiger partial charge in [-0.05, 0) is 23.8 Å². The predicted octanol–water partition coefficient (Wildman–Crippen LogP) is 2.61. The Bertz CT molecular complexity index is 570. The van der Waals surface area contributed by atoms with Crippen LogP contribution in [-0.2, 0) is 6.54 Å². The molecule has 2 rings (SSSR count). The van der Waals surface area contributed by atoms with Crippen molar-refractivity contribution in [1.29, 1.82) is 0 Å². The number of benzene rings is 1. The van der Waals surface area contributed by atoms with Crippen molar-refractivity contribution in [3.8, 4) is 5.88 Å². The van der Waals surface area contributed by atoms with Gasteiger partial charge in [-0.3, -0.25) is 10.1 Å². The molecular weight excluding hydrogens is 246 g/mol. The summed E-state index contributed by atoms with van der Waals surface area (Å²) in [7, 11) is 1.57. The molecule has 1 aromatic heterocycles. The maximum Gasteiger partial charge on any atom is 0.269 e. The van der Waals surface area contributed by atoms with E-state index in [-0.39, 0.29) is 5.69 Å². The van der Waals surface area contributed by atoms with Gasteiger partial charge < -0.3 is 10.1 Å². The molecule has 0 aliphatic carbocycles. The lowest BCUT2D eigenvalue weighted by Crippen LogP contribution is -2.00. The maximum absolute atomic E-state index is 10.5. The number of ether oxygens (including phenoxy) is 1. The number of nitro benzene ring substituents is 1. The lowest BCUT2D eigenvalue weighted by molar-refractivity contribution is -0.384. The first-order chi connectivity index (χ1) is 9.19. The lowest BCUT2D eigenvalue weighted by Gasteiger charge is -2.07. The van der Waals surface area contributed by atoms with E-state index in [0.29, 0.717) is 12.4 Å². The van der Waals surface area contributed by atoms with Crippen molar-refractivity contribution < 1.29 is 9.66 Å². The van der Waals surface area contributed by atoms with Crippen molar-refractivity contribution in [2.75, 3.05) is 12.4 Å². The number of hydrogen-bond donors (Lipinski definition) is 1. The monoisotopic (exact) mass is 259 g/mol. The third-order valence-electron chi connectivity index (χ3n) is 2.58. The van der Waals surface area contributed by atoms with Crippen molar-refractivity contribution in [2.24, 2.45) is 0 Å². The fourth-order valence-electron chi connectivity index (χ4n) is 1.58. The van der Waals surface area contributed by atoms with Crippen LogP contribution in [0.1, 0.15) is 5.56 Å². The molecule has 0 aliphatic rings. The van der Waals surface area contributed by atoms with Gasteiger partial charge in [0.05, 0.1) is 12.0 Å². The topological polar surface area (TPSA) is 77.3 Å². The number of pyridine rings is 1. The zero-order valence-corrected chi connectivity index (χ0v) is 10.4. The van der Waals surface area contributed by atoms with E-state index in [9.17, 15) is 10.1 Å². The van der Waals surface area contributed by atoms with Crippen LogP contribution in [-0.4, -0.2) is 17.0 Å². The van der Waals surface area contributed by atoms with Crippen LogP contribution < -0.4 is 10.1 Å². The fourth-order valence-corrected chi connectivity index (χ4v) is 1.58. The van der Waals surface area contributed by atoms with Gasteiger partial charge in [-0.15, -0.1) is 0 Å². The first kappa shape index (κ1) is 12.8. The second-order valence-corrected chi connectivity index (χ2v) is 3.86. The zero-order chi connectivity index (χ0) is 13.7. The van der Waals surface area contributed by atoms with Crippen LogP contribution >= 0.6 is 0 Å². The van der Waals surface area contributed by atoms with E-state index in [1.54, 1.807) is 25.4 Å². The Balaban J connectivity index is 1.99. The van der Waals surface area contributed by atoms with Gasteiger partial charge in [0.25, 0.3) is 5.69 Å². The summed E-state index contributed by atoms with van der Waals surface area (Å²) in [6.45, 7) is 0.594. The summed E-state index contributed by atoms with van der Waals surface area (Å²) in [6, 6.07) is 10.00. The summed E-state index contributed by atoms with van der Waals surface area (Å²) in [6.07, 6.45) is 1.67. The largest absolute Gasteiger partial charge is 0.481 e. The number of non-ortho nitro benzene ring substituents is 1. The van der Waals surface area contributed by atoms with Gasteiger partial charge in [-0.2, -0.15) is 0 Å². The molecule has 19 heavy (non-hydrogen) atoms. The number of nitro groups is 1. The minimum absolute atomic E-state index is 0.0798. The first-order valence-corrected chi connectivity index (χ1v) is 5.66. The fraction of sp³-hybridized carbons (Fsp3) is 0.154. The van der Waals surface area contributed by atoms with Crippen molar-refractivity contribution in [3.05, 3.63) is 58.3 Å². The first-order valence-electron chi connectivity index (χ1n) is 5.66. The van der Waals surface area contributed by atoms with Crippen molar-refractivity contribution in [3.63, 3.8) is 0 Å². The molecule has 0 atom stereocenters. The number of anilines is 1. The van der Waals surface area contributed by atoms with Crippen molar-refractivity contribution in [2.45, 2.75) is 6.54 Å². The third-order valence-corrected chi connectivity index (χ3v) is 2.58.